The minimum Gasteiger partial charge on any atom is -0.462 e. The molecule has 0 radical (unpaired) electrons. The van der Waals surface area contributed by atoms with Crippen LogP contribution < -0.4 is 10.2 Å². The number of morpholine rings is 1. The number of halogens is 1. The second-order valence-corrected chi connectivity index (χ2v) is 6.76. The fourth-order valence-corrected chi connectivity index (χ4v) is 2.38. The highest BCUT2D eigenvalue weighted by Gasteiger charge is 2.24. The Balaban J connectivity index is 0.00000312. The first-order chi connectivity index (χ1) is 11.3. The number of nitrogens with zero attached hydrogens (tertiary/aromatic N) is 1. The Morgan fingerprint density at radius 3 is 2.44 bits per heavy atom. The van der Waals surface area contributed by atoms with Gasteiger partial charge in [0.2, 0.25) is 5.91 Å². The second kappa shape index (κ2) is 9.06. The number of amides is 1. The molecule has 1 amide bonds. The van der Waals surface area contributed by atoms with Crippen LogP contribution in [0.25, 0.3) is 0 Å². The van der Waals surface area contributed by atoms with Gasteiger partial charge in [0.15, 0.2) is 0 Å². The van der Waals surface area contributed by atoms with Gasteiger partial charge in [0.1, 0.15) is 0 Å². The Morgan fingerprint density at radius 2 is 1.88 bits per heavy atom. The van der Waals surface area contributed by atoms with Crippen LogP contribution in [0, 0.1) is 5.41 Å². The molecule has 6 nitrogen and oxygen atoms in total. The summed E-state index contributed by atoms with van der Waals surface area (Å²) in [5.41, 5.74) is 1.36. The summed E-state index contributed by atoms with van der Waals surface area (Å²) in [6.07, 6.45) is 0. The van der Waals surface area contributed by atoms with E-state index in [1.807, 2.05) is 32.9 Å². The molecule has 1 N–H and O–H groups in total. The molecule has 0 bridgehead atoms. The molecule has 1 aliphatic heterocycles. The van der Waals surface area contributed by atoms with E-state index >= 15 is 0 Å². The molecule has 1 saturated heterocycles. The third-order valence-corrected chi connectivity index (χ3v) is 3.78. The highest BCUT2D eigenvalue weighted by molar-refractivity contribution is 6.00. The number of rotatable bonds is 4. The molecule has 0 unspecified atom stereocenters. The normalized spacial score (nSPS) is 14.5. The van der Waals surface area contributed by atoms with Crippen molar-refractivity contribution in [1.29, 1.82) is 0 Å². The van der Waals surface area contributed by atoms with Gasteiger partial charge in [-0.1, -0.05) is 20.8 Å². The fraction of sp³-hybridized carbons (Fsp3) is 0.556. The van der Waals surface area contributed by atoms with E-state index in [-0.39, 0.29) is 24.3 Å². The Hall–Kier alpha value is -1.79. The summed E-state index contributed by atoms with van der Waals surface area (Å²) in [4.78, 5) is 26.6. The van der Waals surface area contributed by atoms with Gasteiger partial charge in [0.25, 0.3) is 0 Å². The third kappa shape index (κ3) is 5.61. The molecule has 1 aromatic rings. The maximum atomic E-state index is 12.4. The lowest BCUT2D eigenvalue weighted by Crippen LogP contribution is -2.37. The van der Waals surface area contributed by atoms with Gasteiger partial charge < -0.3 is 19.7 Å². The average molecular weight is 371 g/mol. The summed E-state index contributed by atoms with van der Waals surface area (Å²) in [6.45, 7) is 10.3. The number of carbonyl (C=O) groups excluding carboxylic acids is 2. The molecular formula is C18H27ClN2O4. The highest BCUT2D eigenvalue weighted by Crippen LogP contribution is 2.27. The first-order valence-corrected chi connectivity index (χ1v) is 8.28. The molecule has 7 heteroatoms. The van der Waals surface area contributed by atoms with Crippen LogP contribution in [0.1, 0.15) is 38.1 Å². The maximum absolute atomic E-state index is 12.4. The van der Waals surface area contributed by atoms with Crippen LogP contribution >= 0.6 is 12.4 Å². The van der Waals surface area contributed by atoms with E-state index in [1.165, 1.54) is 0 Å². The van der Waals surface area contributed by atoms with E-state index in [0.717, 1.165) is 18.8 Å². The van der Waals surface area contributed by atoms with Crippen molar-refractivity contribution in [1.82, 2.24) is 0 Å². The van der Waals surface area contributed by atoms with Crippen molar-refractivity contribution in [3.63, 3.8) is 0 Å². The molecule has 0 aliphatic carbocycles. The third-order valence-electron chi connectivity index (χ3n) is 3.78. The number of hydrogen-bond acceptors (Lipinski definition) is 5. The Kier molecular flexibility index (Phi) is 7.70. The van der Waals surface area contributed by atoms with Gasteiger partial charge in [-0.2, -0.15) is 0 Å². The molecule has 0 saturated carbocycles. The summed E-state index contributed by atoms with van der Waals surface area (Å²) in [7, 11) is 0. The lowest BCUT2D eigenvalue weighted by Gasteiger charge is -2.30. The zero-order chi connectivity index (χ0) is 17.7. The second-order valence-electron chi connectivity index (χ2n) is 6.76. The highest BCUT2D eigenvalue weighted by atomic mass is 35.5. The van der Waals surface area contributed by atoms with Crippen molar-refractivity contribution < 1.29 is 19.1 Å². The van der Waals surface area contributed by atoms with E-state index in [1.54, 1.807) is 13.0 Å². The predicted molar refractivity (Wildman–Crippen MR) is 101 cm³/mol. The van der Waals surface area contributed by atoms with Crippen LogP contribution in [0.2, 0.25) is 0 Å². The van der Waals surface area contributed by atoms with Crippen molar-refractivity contribution >= 4 is 35.7 Å². The summed E-state index contributed by atoms with van der Waals surface area (Å²) in [5, 5.41) is 2.86. The minimum atomic E-state index is -0.507. The number of carbonyl (C=O) groups is 2. The van der Waals surface area contributed by atoms with Gasteiger partial charge in [-0.3, -0.25) is 4.79 Å². The molecule has 1 aromatic carbocycles. The predicted octanol–water partition coefficient (Wildman–Crippen LogP) is 3.11. The molecule has 0 aromatic heterocycles. The zero-order valence-corrected chi connectivity index (χ0v) is 16.1. The molecule has 2 rings (SSSR count). The van der Waals surface area contributed by atoms with Crippen molar-refractivity contribution in [2.75, 3.05) is 43.1 Å². The van der Waals surface area contributed by atoms with Gasteiger partial charge in [-0.05, 0) is 25.1 Å². The molecule has 140 valence electrons. The van der Waals surface area contributed by atoms with Crippen LogP contribution in [0.5, 0.6) is 0 Å². The van der Waals surface area contributed by atoms with Gasteiger partial charge in [-0.25, -0.2) is 4.79 Å². The standard InChI is InChI=1S/C18H26N2O4.ClH/c1-5-24-16(21)14-12-13(19-17(22)18(2,3)4)6-7-15(14)20-8-10-23-11-9-20;/h6-7,12H,5,8-11H2,1-4H3,(H,19,22);1H. The van der Waals surface area contributed by atoms with Crippen molar-refractivity contribution in [3.8, 4) is 0 Å². The van der Waals surface area contributed by atoms with E-state index in [4.69, 9.17) is 9.47 Å². The van der Waals surface area contributed by atoms with E-state index < -0.39 is 5.41 Å². The van der Waals surface area contributed by atoms with Crippen LogP contribution in [0.4, 0.5) is 11.4 Å². The maximum Gasteiger partial charge on any atom is 0.340 e. The number of benzene rings is 1. The van der Waals surface area contributed by atoms with Gasteiger partial charge in [0.05, 0.1) is 31.1 Å². The van der Waals surface area contributed by atoms with Crippen LogP contribution in [-0.2, 0) is 14.3 Å². The summed E-state index contributed by atoms with van der Waals surface area (Å²) in [5.74, 6) is -0.484. The lowest BCUT2D eigenvalue weighted by atomic mass is 9.95. The van der Waals surface area contributed by atoms with Gasteiger partial charge in [0, 0.05) is 24.2 Å². The molecule has 1 fully saturated rings. The van der Waals surface area contributed by atoms with Crippen LogP contribution in [-0.4, -0.2) is 44.8 Å². The topological polar surface area (TPSA) is 67.9 Å². The largest absolute Gasteiger partial charge is 0.462 e. The summed E-state index contributed by atoms with van der Waals surface area (Å²) >= 11 is 0. The van der Waals surface area contributed by atoms with Crippen molar-refractivity contribution in [2.24, 2.45) is 5.41 Å². The number of ether oxygens (including phenoxy) is 2. The van der Waals surface area contributed by atoms with Gasteiger partial charge in [-0.15, -0.1) is 12.4 Å². The Bertz CT molecular complexity index is 608. The summed E-state index contributed by atoms with van der Waals surface area (Å²) in [6, 6.07) is 5.36. The SMILES string of the molecule is CCOC(=O)c1cc(NC(=O)C(C)(C)C)ccc1N1CCOCC1.Cl. The monoisotopic (exact) mass is 370 g/mol. The van der Waals surface area contributed by atoms with E-state index in [9.17, 15) is 9.59 Å². The van der Waals surface area contributed by atoms with Crippen LogP contribution in [0.15, 0.2) is 18.2 Å². The first-order valence-electron chi connectivity index (χ1n) is 8.28. The quantitative estimate of drug-likeness (QED) is 0.825. The summed E-state index contributed by atoms with van der Waals surface area (Å²) < 4.78 is 10.5. The molecule has 1 aliphatic rings. The van der Waals surface area contributed by atoms with Crippen LogP contribution in [0.3, 0.4) is 0 Å². The molecule has 0 atom stereocenters. The number of hydrogen-bond donors (Lipinski definition) is 1. The van der Waals surface area contributed by atoms with E-state index in [0.29, 0.717) is 31.1 Å². The van der Waals surface area contributed by atoms with Crippen molar-refractivity contribution in [2.45, 2.75) is 27.7 Å². The molecular weight excluding hydrogens is 344 g/mol. The smallest absolute Gasteiger partial charge is 0.340 e. The Morgan fingerprint density at radius 1 is 1.24 bits per heavy atom. The van der Waals surface area contributed by atoms with Gasteiger partial charge >= 0.3 is 5.97 Å². The molecule has 1 heterocycles. The number of nitrogens with one attached hydrogen (secondary N) is 1. The zero-order valence-electron chi connectivity index (χ0n) is 15.3. The van der Waals surface area contributed by atoms with Crippen molar-refractivity contribution in [3.05, 3.63) is 23.8 Å². The first kappa shape index (κ1) is 21.3. The average Bonchev–Trinajstić information content (AvgIpc) is 2.55. The molecule has 0 spiro atoms. The van der Waals surface area contributed by atoms with E-state index in [2.05, 4.69) is 10.2 Å². The number of anilines is 2. The Labute approximate surface area is 155 Å². The molecule has 25 heavy (non-hydrogen) atoms. The number of esters is 1. The lowest BCUT2D eigenvalue weighted by molar-refractivity contribution is -0.123. The fourth-order valence-electron chi connectivity index (χ4n) is 2.38. The minimum absolute atomic E-state index is 0.